The number of nitrogens with one attached hydrogen (secondary N) is 1. The first-order valence-electron chi connectivity index (χ1n) is 8.35. The number of aromatic nitrogens is 2. The number of nitro groups is 1. The van der Waals surface area contributed by atoms with E-state index in [1.807, 2.05) is 0 Å². The Morgan fingerprint density at radius 1 is 1.37 bits per heavy atom. The van der Waals surface area contributed by atoms with Crippen LogP contribution in [-0.2, 0) is 17.5 Å². The molecular formula is C17H17F3N4O3. The van der Waals surface area contributed by atoms with E-state index in [-0.39, 0.29) is 30.3 Å². The maximum Gasteiger partial charge on any atom is 0.435 e. The first-order valence-corrected chi connectivity index (χ1v) is 8.35. The highest BCUT2D eigenvalue weighted by atomic mass is 19.4. The number of anilines is 1. The zero-order chi connectivity index (χ0) is 19.8. The summed E-state index contributed by atoms with van der Waals surface area (Å²) < 4.78 is 39.9. The van der Waals surface area contributed by atoms with E-state index in [4.69, 9.17) is 0 Å². The fraction of sp³-hybridized carbons (Fsp3) is 0.412. The van der Waals surface area contributed by atoms with Crippen LogP contribution in [0.25, 0.3) is 0 Å². The molecular weight excluding hydrogens is 365 g/mol. The zero-order valence-electron chi connectivity index (χ0n) is 14.4. The predicted molar refractivity (Wildman–Crippen MR) is 90.3 cm³/mol. The van der Waals surface area contributed by atoms with Gasteiger partial charge in [-0.1, -0.05) is 6.07 Å². The van der Waals surface area contributed by atoms with Crippen molar-refractivity contribution in [2.75, 3.05) is 5.32 Å². The number of benzene rings is 1. The van der Waals surface area contributed by atoms with Crippen LogP contribution < -0.4 is 5.32 Å². The Balaban J connectivity index is 1.70. The third kappa shape index (κ3) is 4.44. The number of alkyl halides is 3. The van der Waals surface area contributed by atoms with E-state index in [2.05, 4.69) is 10.4 Å². The molecule has 1 saturated carbocycles. The normalized spacial score (nSPS) is 14.2. The number of aryl methyl sites for hydroxylation is 2. The SMILES string of the molecule is Cc1ccc(NC(=O)CCn2nc(C(F)(F)F)cc2C2CC2)c([N+](=O)[O-])c1. The molecule has 2 aromatic rings. The van der Waals surface area contributed by atoms with Gasteiger partial charge in [-0.15, -0.1) is 0 Å². The van der Waals surface area contributed by atoms with Crippen LogP contribution in [0.3, 0.4) is 0 Å². The van der Waals surface area contributed by atoms with Gasteiger partial charge >= 0.3 is 6.18 Å². The second-order valence-corrected chi connectivity index (χ2v) is 6.53. The number of hydrogen-bond donors (Lipinski definition) is 1. The average Bonchev–Trinajstić information content (AvgIpc) is 3.32. The first kappa shape index (κ1) is 18.9. The van der Waals surface area contributed by atoms with Crippen LogP contribution in [0.4, 0.5) is 24.5 Å². The lowest BCUT2D eigenvalue weighted by Crippen LogP contribution is -2.17. The van der Waals surface area contributed by atoms with Crippen molar-refractivity contribution in [2.24, 2.45) is 0 Å². The van der Waals surface area contributed by atoms with Gasteiger partial charge in [-0.2, -0.15) is 18.3 Å². The molecule has 1 fully saturated rings. The Labute approximate surface area is 152 Å². The lowest BCUT2D eigenvalue weighted by atomic mass is 10.2. The molecule has 1 N–H and O–H groups in total. The van der Waals surface area contributed by atoms with E-state index in [9.17, 15) is 28.1 Å². The number of amides is 1. The van der Waals surface area contributed by atoms with Gasteiger partial charge < -0.3 is 5.32 Å². The molecule has 27 heavy (non-hydrogen) atoms. The summed E-state index contributed by atoms with van der Waals surface area (Å²) in [5, 5.41) is 17.1. The first-order chi connectivity index (χ1) is 12.6. The Hall–Kier alpha value is -2.91. The molecule has 10 heteroatoms. The van der Waals surface area contributed by atoms with E-state index in [0.717, 1.165) is 18.9 Å². The van der Waals surface area contributed by atoms with E-state index >= 15 is 0 Å². The molecule has 0 aliphatic heterocycles. The molecule has 0 saturated heterocycles. The van der Waals surface area contributed by atoms with E-state index in [0.29, 0.717) is 11.3 Å². The lowest BCUT2D eigenvalue weighted by Gasteiger charge is -2.09. The number of carbonyl (C=O) groups is 1. The van der Waals surface area contributed by atoms with Crippen LogP contribution in [0, 0.1) is 17.0 Å². The maximum absolute atomic E-state index is 12.9. The molecule has 1 heterocycles. The highest BCUT2D eigenvalue weighted by molar-refractivity contribution is 5.93. The number of carbonyl (C=O) groups excluding carboxylic acids is 1. The van der Waals surface area contributed by atoms with Gasteiger partial charge in [0.1, 0.15) is 5.69 Å². The minimum atomic E-state index is -4.54. The van der Waals surface area contributed by atoms with E-state index < -0.39 is 22.7 Å². The molecule has 0 atom stereocenters. The van der Waals surface area contributed by atoms with Gasteiger partial charge in [0.25, 0.3) is 5.69 Å². The van der Waals surface area contributed by atoms with Gasteiger partial charge in [-0.05, 0) is 37.5 Å². The van der Waals surface area contributed by atoms with Gasteiger partial charge in [0.2, 0.25) is 5.91 Å². The van der Waals surface area contributed by atoms with Crippen molar-refractivity contribution in [3.05, 3.63) is 51.3 Å². The maximum atomic E-state index is 12.9. The average molecular weight is 382 g/mol. The highest BCUT2D eigenvalue weighted by Crippen LogP contribution is 2.42. The Bertz CT molecular complexity index is 888. The van der Waals surface area contributed by atoms with Gasteiger partial charge in [-0.25, -0.2) is 0 Å². The van der Waals surface area contributed by atoms with Gasteiger partial charge in [-0.3, -0.25) is 19.6 Å². The molecule has 0 spiro atoms. The third-order valence-electron chi connectivity index (χ3n) is 4.27. The summed E-state index contributed by atoms with van der Waals surface area (Å²) in [6.07, 6.45) is -3.10. The lowest BCUT2D eigenvalue weighted by molar-refractivity contribution is -0.384. The van der Waals surface area contributed by atoms with Crippen LogP contribution in [0.2, 0.25) is 0 Å². The van der Waals surface area contributed by atoms with Gasteiger partial charge in [0.15, 0.2) is 5.69 Å². The molecule has 7 nitrogen and oxygen atoms in total. The molecule has 3 rings (SSSR count). The molecule has 0 unspecified atom stereocenters. The number of hydrogen-bond acceptors (Lipinski definition) is 4. The topological polar surface area (TPSA) is 90.1 Å². The van der Waals surface area contributed by atoms with Crippen molar-refractivity contribution in [1.82, 2.24) is 9.78 Å². The predicted octanol–water partition coefficient (Wildman–Crippen LogP) is 4.02. The summed E-state index contributed by atoms with van der Waals surface area (Å²) in [5.41, 5.74) is -0.0182. The van der Waals surface area contributed by atoms with Crippen LogP contribution in [0.1, 0.15) is 42.1 Å². The second-order valence-electron chi connectivity index (χ2n) is 6.53. The molecule has 1 aliphatic carbocycles. The zero-order valence-corrected chi connectivity index (χ0v) is 14.4. The number of rotatable bonds is 6. The van der Waals surface area contributed by atoms with Crippen molar-refractivity contribution >= 4 is 17.3 Å². The summed E-state index contributed by atoms with van der Waals surface area (Å²) in [6.45, 7) is 1.65. The second kappa shape index (κ2) is 7.01. The molecule has 144 valence electrons. The third-order valence-corrected chi connectivity index (χ3v) is 4.27. The number of halogens is 3. The van der Waals surface area contributed by atoms with Crippen molar-refractivity contribution in [2.45, 2.75) is 44.8 Å². The smallest absolute Gasteiger partial charge is 0.320 e. The summed E-state index contributed by atoms with van der Waals surface area (Å²) >= 11 is 0. The fourth-order valence-electron chi connectivity index (χ4n) is 2.78. The summed E-state index contributed by atoms with van der Waals surface area (Å²) in [4.78, 5) is 22.6. The monoisotopic (exact) mass is 382 g/mol. The van der Waals surface area contributed by atoms with Crippen molar-refractivity contribution in [1.29, 1.82) is 0 Å². The molecule has 1 amide bonds. The molecule has 1 aromatic carbocycles. The van der Waals surface area contributed by atoms with Crippen LogP contribution >= 0.6 is 0 Å². The van der Waals surface area contributed by atoms with E-state index in [1.165, 1.54) is 16.8 Å². The minimum absolute atomic E-state index is 0.0343. The molecule has 0 bridgehead atoms. The minimum Gasteiger partial charge on any atom is -0.320 e. The Morgan fingerprint density at radius 3 is 2.67 bits per heavy atom. The molecule has 1 aliphatic rings. The van der Waals surface area contributed by atoms with Gasteiger partial charge in [0, 0.05) is 30.6 Å². The van der Waals surface area contributed by atoms with Crippen LogP contribution in [0.15, 0.2) is 24.3 Å². The molecule has 1 aromatic heterocycles. The van der Waals surface area contributed by atoms with Crippen LogP contribution in [0.5, 0.6) is 0 Å². The van der Waals surface area contributed by atoms with Crippen molar-refractivity contribution < 1.29 is 22.9 Å². The van der Waals surface area contributed by atoms with Crippen molar-refractivity contribution in [3.8, 4) is 0 Å². The van der Waals surface area contributed by atoms with E-state index in [1.54, 1.807) is 13.0 Å². The summed E-state index contributed by atoms with van der Waals surface area (Å²) in [6, 6.07) is 5.41. The quantitative estimate of drug-likeness (QED) is 0.603. The Kier molecular flexibility index (Phi) is 4.90. The summed E-state index contributed by atoms with van der Waals surface area (Å²) in [5.74, 6) is -0.498. The summed E-state index contributed by atoms with van der Waals surface area (Å²) in [7, 11) is 0. The number of nitrogens with zero attached hydrogens (tertiary/aromatic N) is 3. The highest BCUT2D eigenvalue weighted by Gasteiger charge is 2.37. The number of nitro benzene ring substituents is 1. The van der Waals surface area contributed by atoms with Crippen LogP contribution in [-0.4, -0.2) is 20.6 Å². The van der Waals surface area contributed by atoms with Gasteiger partial charge in [0.05, 0.1) is 4.92 Å². The fourth-order valence-corrected chi connectivity index (χ4v) is 2.78. The van der Waals surface area contributed by atoms with Crippen molar-refractivity contribution in [3.63, 3.8) is 0 Å². The Morgan fingerprint density at radius 2 is 2.07 bits per heavy atom. The molecule has 0 radical (unpaired) electrons. The standard InChI is InChI=1S/C17H17F3N4O3/c1-10-2-5-12(14(8-10)24(26)27)21-16(25)6-7-23-13(11-3-4-11)9-15(22-23)17(18,19)20/h2,5,8-9,11H,3-4,6-7H2,1H3,(H,21,25). The largest absolute Gasteiger partial charge is 0.435 e.